The van der Waals surface area contributed by atoms with E-state index in [9.17, 15) is 0 Å². The van der Waals surface area contributed by atoms with E-state index in [1.807, 2.05) is 57.2 Å². The SMILES string of the molecule is C=C/C(c1ccccn1)=c1/oc(N=CC)c(/C=C\C)/c1=C/C. The third-order valence-corrected chi connectivity index (χ3v) is 3.22. The lowest BCUT2D eigenvalue weighted by Gasteiger charge is -1.98. The van der Waals surface area contributed by atoms with Gasteiger partial charge in [0.25, 0.3) is 0 Å². The highest BCUT2D eigenvalue weighted by molar-refractivity contribution is 5.73. The number of pyridine rings is 1. The maximum Gasteiger partial charge on any atom is 0.226 e. The largest absolute Gasteiger partial charge is 0.437 e. The highest BCUT2D eigenvalue weighted by Crippen LogP contribution is 2.17. The molecule has 0 bridgehead atoms. The van der Waals surface area contributed by atoms with Gasteiger partial charge in [-0.2, -0.15) is 0 Å². The third-order valence-electron chi connectivity index (χ3n) is 3.22. The average Bonchev–Trinajstić information content (AvgIpc) is 2.88. The first-order chi connectivity index (χ1) is 10.8. The number of hydrogen-bond donors (Lipinski definition) is 0. The fraction of sp³-hybridized carbons (Fsp3) is 0.158. The molecular weight excluding hydrogens is 272 g/mol. The number of hydrogen-bond acceptors (Lipinski definition) is 3. The summed E-state index contributed by atoms with van der Waals surface area (Å²) in [5.74, 6) is 0.596. The monoisotopic (exact) mass is 292 g/mol. The van der Waals surface area contributed by atoms with Crippen molar-refractivity contribution in [3.05, 3.63) is 65.0 Å². The lowest BCUT2D eigenvalue weighted by Crippen LogP contribution is -2.24. The fourth-order valence-electron chi connectivity index (χ4n) is 2.31. The smallest absolute Gasteiger partial charge is 0.226 e. The Morgan fingerprint density at radius 2 is 2.09 bits per heavy atom. The summed E-state index contributed by atoms with van der Waals surface area (Å²) in [5, 5.41) is 0.999. The van der Waals surface area contributed by atoms with E-state index < -0.39 is 0 Å². The van der Waals surface area contributed by atoms with Gasteiger partial charge in [0.05, 0.1) is 5.69 Å². The van der Waals surface area contributed by atoms with E-state index in [-0.39, 0.29) is 0 Å². The second-order valence-electron chi connectivity index (χ2n) is 4.57. The lowest BCUT2D eigenvalue weighted by atomic mass is 10.1. The van der Waals surface area contributed by atoms with Crippen molar-refractivity contribution in [2.45, 2.75) is 20.8 Å². The molecular formula is C19H20N2O. The Balaban J connectivity index is 2.93. The number of allylic oxidation sites excluding steroid dienone is 2. The minimum absolute atomic E-state index is 0.596. The molecule has 0 aliphatic rings. The van der Waals surface area contributed by atoms with Crippen molar-refractivity contribution in [2.75, 3.05) is 0 Å². The standard InChI is InChI=1S/C19H20N2O/c1-5-11-16-14(6-2)18(22-19(16)20-8-4)15(7-3)17-12-9-10-13-21-17/h5-13H,3H2,1-2,4H3/b11-5-,14-6-,18-15-,20-8?. The maximum atomic E-state index is 6.01. The first kappa shape index (κ1) is 15.7. The number of aromatic nitrogens is 1. The third kappa shape index (κ3) is 2.98. The van der Waals surface area contributed by atoms with Gasteiger partial charge in [0.15, 0.2) is 0 Å². The van der Waals surface area contributed by atoms with Crippen LogP contribution in [-0.4, -0.2) is 11.2 Å². The summed E-state index contributed by atoms with van der Waals surface area (Å²) in [6, 6.07) is 5.77. The molecule has 0 radical (unpaired) electrons. The van der Waals surface area contributed by atoms with Crippen LogP contribution >= 0.6 is 0 Å². The van der Waals surface area contributed by atoms with Crippen molar-refractivity contribution in [2.24, 2.45) is 4.99 Å². The normalized spacial score (nSPS) is 14.0. The van der Waals surface area contributed by atoms with Crippen LogP contribution in [0.5, 0.6) is 0 Å². The molecule has 3 nitrogen and oxygen atoms in total. The Hall–Kier alpha value is -2.68. The zero-order valence-corrected chi connectivity index (χ0v) is 13.2. The number of rotatable bonds is 4. The van der Waals surface area contributed by atoms with Crippen molar-refractivity contribution in [3.63, 3.8) is 0 Å². The molecule has 0 unspecified atom stereocenters. The van der Waals surface area contributed by atoms with Crippen LogP contribution < -0.4 is 10.6 Å². The summed E-state index contributed by atoms with van der Waals surface area (Å²) in [4.78, 5) is 8.73. The van der Waals surface area contributed by atoms with Crippen molar-refractivity contribution in [1.82, 2.24) is 4.98 Å². The van der Waals surface area contributed by atoms with Crippen LogP contribution in [0.2, 0.25) is 0 Å². The summed E-state index contributed by atoms with van der Waals surface area (Å²) in [6.45, 7) is 9.74. The predicted molar refractivity (Wildman–Crippen MR) is 93.6 cm³/mol. The van der Waals surface area contributed by atoms with Gasteiger partial charge in [-0.15, -0.1) is 0 Å². The maximum absolute atomic E-state index is 6.01. The summed E-state index contributed by atoms with van der Waals surface area (Å²) < 4.78 is 6.01. The van der Waals surface area contributed by atoms with Crippen molar-refractivity contribution >= 4 is 29.8 Å². The second-order valence-corrected chi connectivity index (χ2v) is 4.57. The van der Waals surface area contributed by atoms with Crippen LogP contribution in [0, 0.1) is 0 Å². The molecule has 0 spiro atoms. The highest BCUT2D eigenvalue weighted by atomic mass is 16.3. The van der Waals surface area contributed by atoms with Crippen LogP contribution in [-0.2, 0) is 0 Å². The molecule has 2 heterocycles. The van der Waals surface area contributed by atoms with Crippen molar-refractivity contribution in [3.8, 4) is 0 Å². The van der Waals surface area contributed by atoms with Gasteiger partial charge in [0, 0.05) is 28.8 Å². The van der Waals surface area contributed by atoms with Gasteiger partial charge in [-0.05, 0) is 32.9 Å². The molecule has 0 N–H and O–H groups in total. The number of furan rings is 1. The van der Waals surface area contributed by atoms with Crippen LogP contribution in [0.15, 0.2) is 52.5 Å². The van der Waals surface area contributed by atoms with Crippen molar-refractivity contribution in [1.29, 1.82) is 0 Å². The highest BCUT2D eigenvalue weighted by Gasteiger charge is 2.11. The first-order valence-corrected chi connectivity index (χ1v) is 7.25. The number of aliphatic imine (C=N–C) groups is 1. The van der Waals surface area contributed by atoms with Gasteiger partial charge in [-0.25, -0.2) is 4.99 Å². The molecule has 112 valence electrons. The molecule has 0 aliphatic heterocycles. The van der Waals surface area contributed by atoms with E-state index >= 15 is 0 Å². The van der Waals surface area contributed by atoms with E-state index in [0.717, 1.165) is 27.5 Å². The van der Waals surface area contributed by atoms with E-state index in [0.29, 0.717) is 5.88 Å². The molecule has 0 saturated carbocycles. The predicted octanol–water partition coefficient (Wildman–Crippen LogP) is 3.62. The van der Waals surface area contributed by atoms with Gasteiger partial charge >= 0.3 is 0 Å². The molecule has 0 atom stereocenters. The van der Waals surface area contributed by atoms with E-state index in [1.54, 1.807) is 18.5 Å². The van der Waals surface area contributed by atoms with Crippen LogP contribution in [0.3, 0.4) is 0 Å². The van der Waals surface area contributed by atoms with Gasteiger partial charge in [0.2, 0.25) is 5.88 Å². The summed E-state index contributed by atoms with van der Waals surface area (Å²) in [6.07, 6.45) is 11.3. The first-order valence-electron chi connectivity index (χ1n) is 7.25. The van der Waals surface area contributed by atoms with Crippen LogP contribution in [0.1, 0.15) is 32.0 Å². The molecule has 3 heteroatoms. The Morgan fingerprint density at radius 3 is 2.64 bits per heavy atom. The Kier molecular flexibility index (Phi) is 5.26. The Morgan fingerprint density at radius 1 is 1.27 bits per heavy atom. The van der Waals surface area contributed by atoms with Crippen LogP contribution in [0.25, 0.3) is 17.7 Å². The summed E-state index contributed by atoms with van der Waals surface area (Å²) in [5.41, 5.74) is 3.39. The summed E-state index contributed by atoms with van der Waals surface area (Å²) in [7, 11) is 0. The molecule has 0 aromatic carbocycles. The minimum atomic E-state index is 0.596. The zero-order valence-electron chi connectivity index (χ0n) is 13.2. The molecule has 0 amide bonds. The molecule has 0 saturated heterocycles. The Bertz CT molecular complexity index is 824. The average molecular weight is 292 g/mol. The summed E-state index contributed by atoms with van der Waals surface area (Å²) >= 11 is 0. The van der Waals surface area contributed by atoms with Gasteiger partial charge in [-0.1, -0.05) is 36.9 Å². The van der Waals surface area contributed by atoms with Gasteiger partial charge in [-0.3, -0.25) is 4.98 Å². The molecule has 2 aromatic rings. The van der Waals surface area contributed by atoms with E-state index in [2.05, 4.69) is 16.6 Å². The van der Waals surface area contributed by atoms with E-state index in [4.69, 9.17) is 4.42 Å². The van der Waals surface area contributed by atoms with Gasteiger partial charge in [0.1, 0.15) is 5.42 Å². The van der Waals surface area contributed by atoms with E-state index in [1.165, 1.54) is 0 Å². The topological polar surface area (TPSA) is 38.4 Å². The lowest BCUT2D eigenvalue weighted by molar-refractivity contribution is 0.539. The van der Waals surface area contributed by atoms with Crippen LogP contribution in [0.4, 0.5) is 5.88 Å². The fourth-order valence-corrected chi connectivity index (χ4v) is 2.31. The molecule has 22 heavy (non-hydrogen) atoms. The van der Waals surface area contributed by atoms with Crippen molar-refractivity contribution < 1.29 is 4.42 Å². The number of nitrogens with zero attached hydrogens (tertiary/aromatic N) is 2. The quantitative estimate of drug-likeness (QED) is 0.807. The molecule has 0 aliphatic carbocycles. The zero-order chi connectivity index (χ0) is 15.9. The second kappa shape index (κ2) is 7.36. The molecule has 0 fully saturated rings. The molecule has 2 rings (SSSR count). The van der Waals surface area contributed by atoms with Gasteiger partial charge < -0.3 is 4.42 Å². The minimum Gasteiger partial charge on any atom is -0.437 e. The Labute approximate surface area is 130 Å². The molecule has 2 aromatic heterocycles.